The fourth-order valence-electron chi connectivity index (χ4n) is 1.18. The van der Waals surface area contributed by atoms with Crippen molar-refractivity contribution in [3.8, 4) is 5.75 Å². The SMILES string of the molecule is O=C(CBr)Cc1c(Cl)cccc1OC(F)(F)F. The van der Waals surface area contributed by atoms with E-state index in [0.29, 0.717) is 0 Å². The summed E-state index contributed by atoms with van der Waals surface area (Å²) in [5, 5.41) is 0.116. The van der Waals surface area contributed by atoms with E-state index in [1.54, 1.807) is 0 Å². The zero-order chi connectivity index (χ0) is 13.1. The fourth-order valence-corrected chi connectivity index (χ4v) is 1.61. The molecule has 0 aliphatic heterocycles. The summed E-state index contributed by atoms with van der Waals surface area (Å²) in [6.07, 6.45) is -5.02. The Balaban J connectivity index is 3.04. The summed E-state index contributed by atoms with van der Waals surface area (Å²) in [7, 11) is 0. The Morgan fingerprint density at radius 3 is 2.59 bits per heavy atom. The van der Waals surface area contributed by atoms with Crippen LogP contribution in [-0.2, 0) is 11.2 Å². The monoisotopic (exact) mass is 330 g/mol. The second-order valence-electron chi connectivity index (χ2n) is 3.11. The molecule has 0 saturated heterocycles. The maximum atomic E-state index is 12.1. The molecule has 7 heteroatoms. The summed E-state index contributed by atoms with van der Waals surface area (Å²) in [6, 6.07) is 3.85. The van der Waals surface area contributed by atoms with Crippen molar-refractivity contribution in [1.82, 2.24) is 0 Å². The Morgan fingerprint density at radius 1 is 1.41 bits per heavy atom. The van der Waals surface area contributed by atoms with E-state index in [4.69, 9.17) is 11.6 Å². The van der Waals surface area contributed by atoms with Gasteiger partial charge >= 0.3 is 6.36 Å². The first-order valence-electron chi connectivity index (χ1n) is 4.44. The second kappa shape index (κ2) is 5.73. The summed E-state index contributed by atoms with van der Waals surface area (Å²) < 4.78 is 40.1. The van der Waals surface area contributed by atoms with Crippen LogP contribution in [0, 0.1) is 0 Å². The zero-order valence-electron chi connectivity index (χ0n) is 8.35. The van der Waals surface area contributed by atoms with Gasteiger partial charge in [0.15, 0.2) is 0 Å². The lowest BCUT2D eigenvalue weighted by atomic mass is 10.1. The van der Waals surface area contributed by atoms with Crippen LogP contribution in [0.25, 0.3) is 0 Å². The van der Waals surface area contributed by atoms with Gasteiger partial charge in [0.1, 0.15) is 11.5 Å². The highest BCUT2D eigenvalue weighted by Gasteiger charge is 2.32. The molecule has 0 atom stereocenters. The van der Waals surface area contributed by atoms with Gasteiger partial charge in [-0.2, -0.15) is 0 Å². The summed E-state index contributed by atoms with van der Waals surface area (Å²) in [4.78, 5) is 11.2. The Kier molecular flexibility index (Phi) is 4.82. The van der Waals surface area contributed by atoms with E-state index in [1.807, 2.05) is 0 Å². The molecule has 0 amide bonds. The molecule has 1 aromatic rings. The second-order valence-corrected chi connectivity index (χ2v) is 4.08. The molecule has 0 N–H and O–H groups in total. The summed E-state index contributed by atoms with van der Waals surface area (Å²) >= 11 is 8.67. The molecule has 2 nitrogen and oxygen atoms in total. The van der Waals surface area contributed by atoms with Crippen molar-refractivity contribution in [3.05, 3.63) is 28.8 Å². The van der Waals surface area contributed by atoms with Gasteiger partial charge in [-0.1, -0.05) is 33.6 Å². The van der Waals surface area contributed by atoms with Crippen molar-refractivity contribution in [1.29, 1.82) is 0 Å². The van der Waals surface area contributed by atoms with Crippen LogP contribution in [-0.4, -0.2) is 17.5 Å². The minimum absolute atomic E-state index is 0.0379. The molecule has 0 unspecified atom stereocenters. The third-order valence-electron chi connectivity index (χ3n) is 1.82. The lowest BCUT2D eigenvalue weighted by Crippen LogP contribution is -2.19. The van der Waals surface area contributed by atoms with Crippen LogP contribution in [0.2, 0.25) is 5.02 Å². The fraction of sp³-hybridized carbons (Fsp3) is 0.300. The minimum Gasteiger partial charge on any atom is -0.405 e. The number of hydrogen-bond acceptors (Lipinski definition) is 2. The van der Waals surface area contributed by atoms with Gasteiger partial charge < -0.3 is 4.74 Å². The van der Waals surface area contributed by atoms with E-state index >= 15 is 0 Å². The van der Waals surface area contributed by atoms with Gasteiger partial charge in [-0.25, -0.2) is 0 Å². The molecule has 0 aliphatic rings. The summed E-state index contributed by atoms with van der Waals surface area (Å²) in [5.74, 6) is -0.732. The lowest BCUT2D eigenvalue weighted by molar-refractivity contribution is -0.274. The van der Waals surface area contributed by atoms with Crippen LogP contribution in [0.15, 0.2) is 18.2 Å². The van der Waals surface area contributed by atoms with Gasteiger partial charge in [-0.05, 0) is 12.1 Å². The lowest BCUT2D eigenvalue weighted by Gasteiger charge is -2.13. The molecule has 1 aromatic carbocycles. The van der Waals surface area contributed by atoms with Crippen molar-refractivity contribution < 1.29 is 22.7 Å². The van der Waals surface area contributed by atoms with Crippen molar-refractivity contribution in [3.63, 3.8) is 0 Å². The molecule has 0 radical (unpaired) electrons. The molecule has 0 spiro atoms. The van der Waals surface area contributed by atoms with E-state index in [2.05, 4.69) is 20.7 Å². The largest absolute Gasteiger partial charge is 0.573 e. The number of carbonyl (C=O) groups excluding carboxylic acids is 1. The van der Waals surface area contributed by atoms with Crippen LogP contribution < -0.4 is 4.74 Å². The van der Waals surface area contributed by atoms with E-state index in [-0.39, 0.29) is 28.1 Å². The average molecular weight is 332 g/mol. The van der Waals surface area contributed by atoms with Crippen LogP contribution in [0.4, 0.5) is 13.2 Å². The molecule has 1 rings (SSSR count). The summed E-state index contributed by atoms with van der Waals surface area (Å²) in [6.45, 7) is 0. The van der Waals surface area contributed by atoms with Crippen molar-refractivity contribution >= 4 is 33.3 Å². The molecule has 0 bridgehead atoms. The Labute approximate surface area is 109 Å². The first-order chi connectivity index (χ1) is 7.83. The molecule has 0 saturated carbocycles. The number of ether oxygens (including phenoxy) is 1. The van der Waals surface area contributed by atoms with Crippen LogP contribution in [0.1, 0.15) is 5.56 Å². The number of carbonyl (C=O) groups is 1. The van der Waals surface area contributed by atoms with Crippen LogP contribution in [0.3, 0.4) is 0 Å². The summed E-state index contributed by atoms with van der Waals surface area (Å²) in [5.41, 5.74) is 0.0379. The predicted octanol–water partition coefficient (Wildman–Crippen LogP) is 3.75. The van der Waals surface area contributed by atoms with Gasteiger partial charge in [0, 0.05) is 17.0 Å². The molecule has 94 valence electrons. The molecule has 0 heterocycles. The quantitative estimate of drug-likeness (QED) is 0.786. The Bertz CT molecular complexity index is 421. The third-order valence-corrected chi connectivity index (χ3v) is 2.80. The van der Waals surface area contributed by atoms with Crippen molar-refractivity contribution in [2.24, 2.45) is 0 Å². The van der Waals surface area contributed by atoms with Gasteiger partial charge in [0.25, 0.3) is 0 Å². The van der Waals surface area contributed by atoms with Crippen molar-refractivity contribution in [2.45, 2.75) is 12.8 Å². The zero-order valence-corrected chi connectivity index (χ0v) is 10.7. The molecular formula is C10H7BrClF3O2. The first kappa shape index (κ1) is 14.3. The minimum atomic E-state index is -4.81. The highest BCUT2D eigenvalue weighted by atomic mass is 79.9. The molecule has 0 aromatic heterocycles. The Morgan fingerprint density at radius 2 is 2.06 bits per heavy atom. The standard InChI is InChI=1S/C10H7BrClF3O2/c11-5-6(16)4-7-8(12)2-1-3-9(7)17-10(13,14)15/h1-3H,4-5H2. The highest BCUT2D eigenvalue weighted by Crippen LogP contribution is 2.31. The van der Waals surface area contributed by atoms with Crippen molar-refractivity contribution in [2.75, 3.05) is 5.33 Å². The number of halogens is 5. The van der Waals surface area contributed by atoms with E-state index in [1.165, 1.54) is 12.1 Å². The van der Waals surface area contributed by atoms with Gasteiger partial charge in [-0.15, -0.1) is 13.2 Å². The Hall–Kier alpha value is -0.750. The van der Waals surface area contributed by atoms with Gasteiger partial charge in [0.2, 0.25) is 0 Å². The highest BCUT2D eigenvalue weighted by molar-refractivity contribution is 9.09. The number of alkyl halides is 4. The predicted molar refractivity (Wildman–Crippen MR) is 60.6 cm³/mol. The van der Waals surface area contributed by atoms with Gasteiger partial charge in [0.05, 0.1) is 5.33 Å². The molecule has 17 heavy (non-hydrogen) atoms. The molecular weight excluding hydrogens is 324 g/mol. The van der Waals surface area contributed by atoms with E-state index in [0.717, 1.165) is 6.07 Å². The van der Waals surface area contributed by atoms with E-state index < -0.39 is 12.1 Å². The first-order valence-corrected chi connectivity index (χ1v) is 5.94. The number of Topliss-reactive ketones (excluding diaryl/α,β-unsaturated/α-hetero) is 1. The normalized spacial score (nSPS) is 11.4. The van der Waals surface area contributed by atoms with Gasteiger partial charge in [-0.3, -0.25) is 4.79 Å². The van der Waals surface area contributed by atoms with Crippen LogP contribution >= 0.6 is 27.5 Å². The number of ketones is 1. The number of benzene rings is 1. The number of hydrogen-bond donors (Lipinski definition) is 0. The topological polar surface area (TPSA) is 26.3 Å². The molecule has 0 aliphatic carbocycles. The average Bonchev–Trinajstić information content (AvgIpc) is 2.20. The maximum absolute atomic E-state index is 12.1. The maximum Gasteiger partial charge on any atom is 0.573 e. The smallest absolute Gasteiger partial charge is 0.405 e. The van der Waals surface area contributed by atoms with Crippen LogP contribution in [0.5, 0.6) is 5.75 Å². The third kappa shape index (κ3) is 4.55. The molecule has 0 fully saturated rings. The number of rotatable bonds is 4. The van der Waals surface area contributed by atoms with E-state index in [9.17, 15) is 18.0 Å².